The number of carbonyl (C=O) groups excluding carboxylic acids is 1. The van der Waals surface area contributed by atoms with Crippen molar-refractivity contribution in [1.82, 2.24) is 19.1 Å². The monoisotopic (exact) mass is 559 g/mol. The van der Waals surface area contributed by atoms with E-state index in [1.807, 2.05) is 35.2 Å². The number of hydrogen-bond acceptors (Lipinski definition) is 4. The Labute approximate surface area is 231 Å². The lowest BCUT2D eigenvalue weighted by atomic mass is 10.1. The molecule has 1 fully saturated rings. The average Bonchev–Trinajstić information content (AvgIpc) is 3.65. The molecule has 4 aromatic rings. The molecular weight excluding hydrogens is 533 g/mol. The first-order valence-corrected chi connectivity index (χ1v) is 12.8. The lowest BCUT2D eigenvalue weighted by Crippen LogP contribution is -2.41. The van der Waals surface area contributed by atoms with Crippen LogP contribution >= 0.6 is 35.6 Å². The topological polar surface area (TPSA) is 85.6 Å². The van der Waals surface area contributed by atoms with Crippen molar-refractivity contribution in [2.45, 2.75) is 31.8 Å². The molecule has 1 amide bonds. The number of nitrogens with zero attached hydrogens (tertiary/aromatic N) is 4. The predicted octanol–water partition coefficient (Wildman–Crippen LogP) is 5.22. The smallest absolute Gasteiger partial charge is 0.279 e. The highest BCUT2D eigenvalue weighted by atomic mass is 35.5. The van der Waals surface area contributed by atoms with Crippen molar-refractivity contribution in [3.8, 4) is 0 Å². The van der Waals surface area contributed by atoms with E-state index in [0.717, 1.165) is 18.4 Å². The summed E-state index contributed by atoms with van der Waals surface area (Å²) in [5.74, 6) is 0.602. The Morgan fingerprint density at radius 1 is 1.08 bits per heavy atom. The van der Waals surface area contributed by atoms with E-state index in [9.17, 15) is 9.59 Å². The van der Waals surface area contributed by atoms with Crippen molar-refractivity contribution in [2.75, 3.05) is 13.1 Å². The number of carbonyl (C=O) groups is 1. The summed E-state index contributed by atoms with van der Waals surface area (Å²) in [6.07, 6.45) is 4.21. The molecule has 0 aliphatic heterocycles. The summed E-state index contributed by atoms with van der Waals surface area (Å²) in [5.41, 5.74) is 7.43. The molecule has 0 radical (unpaired) electrons. The van der Waals surface area contributed by atoms with Gasteiger partial charge in [-0.3, -0.25) is 14.2 Å². The Kier molecular flexibility index (Phi) is 8.60. The van der Waals surface area contributed by atoms with E-state index in [2.05, 4.69) is 0 Å². The van der Waals surface area contributed by atoms with E-state index in [4.69, 9.17) is 34.0 Å². The minimum atomic E-state index is -0.387. The standard InChI is InChI=1S/C27H27Cl2N5O2.ClH/c28-21-11-9-20(10-12-21)26(35)32(15-4-14-30)23(19-7-8-19)25-31-34-16-13-22(29)24(34)27(36)33(25)17-18-5-2-1-3-6-18;/h1-3,5-6,9-13,16,19,23H,4,7-8,14-15,17,30H2;1H. The van der Waals surface area contributed by atoms with E-state index >= 15 is 0 Å². The zero-order chi connectivity index (χ0) is 25.2. The second kappa shape index (κ2) is 11.7. The summed E-state index contributed by atoms with van der Waals surface area (Å²) in [7, 11) is 0. The molecule has 2 aromatic heterocycles. The number of benzene rings is 2. The highest BCUT2D eigenvalue weighted by molar-refractivity contribution is 6.33. The fourth-order valence-electron chi connectivity index (χ4n) is 4.62. The molecule has 1 saturated carbocycles. The molecule has 194 valence electrons. The van der Waals surface area contributed by atoms with E-state index in [1.165, 1.54) is 4.52 Å². The van der Waals surface area contributed by atoms with Gasteiger partial charge in [-0.05, 0) is 67.6 Å². The number of amides is 1. The maximum absolute atomic E-state index is 13.8. The second-order valence-corrected chi connectivity index (χ2v) is 9.97. The summed E-state index contributed by atoms with van der Waals surface area (Å²) in [6, 6.07) is 17.9. The van der Waals surface area contributed by atoms with Gasteiger partial charge in [-0.1, -0.05) is 53.5 Å². The van der Waals surface area contributed by atoms with Crippen LogP contribution in [0.3, 0.4) is 0 Å². The quantitative estimate of drug-likeness (QED) is 0.304. The van der Waals surface area contributed by atoms with Crippen molar-refractivity contribution >= 4 is 47.0 Å². The van der Waals surface area contributed by atoms with Gasteiger partial charge in [0.25, 0.3) is 11.5 Å². The third-order valence-electron chi connectivity index (χ3n) is 6.56. The van der Waals surface area contributed by atoms with E-state index in [0.29, 0.717) is 53.0 Å². The van der Waals surface area contributed by atoms with Crippen molar-refractivity contribution in [3.05, 3.63) is 104 Å². The van der Waals surface area contributed by atoms with Crippen LogP contribution in [0.25, 0.3) is 5.52 Å². The molecule has 37 heavy (non-hydrogen) atoms. The second-order valence-electron chi connectivity index (χ2n) is 9.12. The highest BCUT2D eigenvalue weighted by Crippen LogP contribution is 2.44. The van der Waals surface area contributed by atoms with E-state index in [1.54, 1.807) is 41.1 Å². The van der Waals surface area contributed by atoms with Crippen LogP contribution in [-0.2, 0) is 6.54 Å². The van der Waals surface area contributed by atoms with Gasteiger partial charge in [-0.25, -0.2) is 4.52 Å². The van der Waals surface area contributed by atoms with Crippen LogP contribution in [0.1, 0.15) is 47.1 Å². The van der Waals surface area contributed by atoms with Crippen molar-refractivity contribution in [2.24, 2.45) is 11.7 Å². The van der Waals surface area contributed by atoms with Crippen LogP contribution in [0.15, 0.2) is 71.7 Å². The van der Waals surface area contributed by atoms with Crippen LogP contribution < -0.4 is 11.3 Å². The minimum Gasteiger partial charge on any atom is -0.330 e. The molecule has 0 spiro atoms. The first kappa shape index (κ1) is 27.2. The summed E-state index contributed by atoms with van der Waals surface area (Å²) in [4.78, 5) is 29.4. The lowest BCUT2D eigenvalue weighted by Gasteiger charge is -2.33. The van der Waals surface area contributed by atoms with Gasteiger partial charge in [0.1, 0.15) is 5.52 Å². The fourth-order valence-corrected chi connectivity index (χ4v) is 4.97. The van der Waals surface area contributed by atoms with Gasteiger partial charge in [0, 0.05) is 23.3 Å². The predicted molar refractivity (Wildman–Crippen MR) is 149 cm³/mol. The van der Waals surface area contributed by atoms with Crippen molar-refractivity contribution in [1.29, 1.82) is 0 Å². The van der Waals surface area contributed by atoms with E-state index in [-0.39, 0.29) is 35.8 Å². The lowest BCUT2D eigenvalue weighted by molar-refractivity contribution is 0.0632. The number of aromatic nitrogens is 3. The Hall–Kier alpha value is -2.84. The Balaban J connectivity index is 0.00000320. The van der Waals surface area contributed by atoms with Crippen molar-refractivity contribution in [3.63, 3.8) is 0 Å². The van der Waals surface area contributed by atoms with Crippen LogP contribution in [-0.4, -0.2) is 38.1 Å². The van der Waals surface area contributed by atoms with Gasteiger partial charge >= 0.3 is 0 Å². The molecule has 1 atom stereocenters. The van der Waals surface area contributed by atoms with Crippen LogP contribution in [0.4, 0.5) is 0 Å². The van der Waals surface area contributed by atoms with Crippen molar-refractivity contribution < 1.29 is 4.79 Å². The largest absolute Gasteiger partial charge is 0.330 e. The molecule has 0 bridgehead atoms. The zero-order valence-electron chi connectivity index (χ0n) is 20.1. The molecule has 0 saturated heterocycles. The third kappa shape index (κ3) is 5.70. The molecule has 5 rings (SSSR count). The summed E-state index contributed by atoms with van der Waals surface area (Å²) < 4.78 is 3.20. The molecule has 2 heterocycles. The van der Waals surface area contributed by atoms with Crippen LogP contribution in [0.5, 0.6) is 0 Å². The molecule has 2 aromatic carbocycles. The molecular formula is C27H28Cl3N5O2. The zero-order valence-corrected chi connectivity index (χ0v) is 22.4. The van der Waals surface area contributed by atoms with Crippen LogP contribution in [0.2, 0.25) is 10.0 Å². The number of nitrogens with two attached hydrogens (primary N) is 1. The highest BCUT2D eigenvalue weighted by Gasteiger charge is 2.42. The maximum Gasteiger partial charge on any atom is 0.279 e. The Bertz CT molecular complexity index is 1430. The molecule has 1 aliphatic rings. The third-order valence-corrected chi connectivity index (χ3v) is 7.12. The van der Waals surface area contributed by atoms with Gasteiger partial charge in [0.15, 0.2) is 5.82 Å². The molecule has 1 unspecified atom stereocenters. The number of rotatable bonds is 9. The molecule has 1 aliphatic carbocycles. The fraction of sp³-hybridized carbons (Fsp3) is 0.296. The van der Waals surface area contributed by atoms with Gasteiger partial charge in [-0.15, -0.1) is 12.4 Å². The Morgan fingerprint density at radius 2 is 1.78 bits per heavy atom. The van der Waals surface area contributed by atoms with Gasteiger partial charge < -0.3 is 10.6 Å². The summed E-state index contributed by atoms with van der Waals surface area (Å²) in [6.45, 7) is 1.21. The first-order valence-electron chi connectivity index (χ1n) is 12.1. The summed E-state index contributed by atoms with van der Waals surface area (Å²) >= 11 is 12.4. The molecule has 10 heteroatoms. The van der Waals surface area contributed by atoms with Gasteiger partial charge in [-0.2, -0.15) is 5.10 Å². The normalized spacial score (nSPS) is 13.8. The van der Waals surface area contributed by atoms with E-state index < -0.39 is 0 Å². The SMILES string of the molecule is Cl.NCCCN(C(=O)c1ccc(Cl)cc1)C(c1nn2ccc(Cl)c2c(=O)n1Cc1ccccc1)C1CC1. The molecule has 2 N–H and O–H groups in total. The first-order chi connectivity index (χ1) is 17.5. The minimum absolute atomic E-state index is 0. The maximum atomic E-state index is 13.8. The number of hydrogen-bond donors (Lipinski definition) is 1. The summed E-state index contributed by atoms with van der Waals surface area (Å²) in [5, 5.41) is 5.79. The number of halogens is 3. The van der Waals surface area contributed by atoms with Gasteiger partial charge in [0.05, 0.1) is 17.6 Å². The number of fused-ring (bicyclic) bond motifs is 1. The Morgan fingerprint density at radius 3 is 2.43 bits per heavy atom. The average molecular weight is 561 g/mol. The van der Waals surface area contributed by atoms with Crippen LogP contribution in [0, 0.1) is 5.92 Å². The molecule has 7 nitrogen and oxygen atoms in total. The van der Waals surface area contributed by atoms with Gasteiger partial charge in [0.2, 0.25) is 0 Å².